The number of hydrogen-bond acceptors (Lipinski definition) is 5. The summed E-state index contributed by atoms with van der Waals surface area (Å²) in [5, 5.41) is 23.8. The molecule has 1 heterocycles. The number of aromatic nitrogens is 4. The van der Waals surface area contributed by atoms with Gasteiger partial charge < -0.3 is 10.4 Å². The SMILES string of the molecule is CCn1nnnc1-c1cccc(NC(=O)CC(CC)(CC)C(=O)O)c1. The van der Waals surface area contributed by atoms with Crippen molar-refractivity contribution in [2.24, 2.45) is 5.41 Å². The molecule has 134 valence electrons. The molecule has 1 aromatic heterocycles. The molecule has 2 N–H and O–H groups in total. The molecule has 0 fully saturated rings. The van der Waals surface area contributed by atoms with Crippen LogP contribution < -0.4 is 5.32 Å². The Morgan fingerprint density at radius 2 is 1.96 bits per heavy atom. The van der Waals surface area contributed by atoms with Gasteiger partial charge in [-0.2, -0.15) is 0 Å². The van der Waals surface area contributed by atoms with Crippen LogP contribution >= 0.6 is 0 Å². The number of hydrogen-bond donors (Lipinski definition) is 2. The maximum Gasteiger partial charge on any atom is 0.310 e. The van der Waals surface area contributed by atoms with Crippen molar-refractivity contribution >= 4 is 17.6 Å². The molecule has 2 rings (SSSR count). The number of tetrazole rings is 1. The van der Waals surface area contributed by atoms with E-state index >= 15 is 0 Å². The van der Waals surface area contributed by atoms with Gasteiger partial charge >= 0.3 is 5.97 Å². The van der Waals surface area contributed by atoms with Crippen molar-refractivity contribution in [3.63, 3.8) is 0 Å². The van der Waals surface area contributed by atoms with Crippen LogP contribution in [0, 0.1) is 5.41 Å². The molecule has 0 unspecified atom stereocenters. The van der Waals surface area contributed by atoms with Crippen molar-refractivity contribution in [2.45, 2.75) is 46.6 Å². The van der Waals surface area contributed by atoms with E-state index < -0.39 is 11.4 Å². The third-order valence-electron chi connectivity index (χ3n) is 4.54. The summed E-state index contributed by atoms with van der Waals surface area (Å²) in [5.74, 6) is -0.651. The van der Waals surface area contributed by atoms with Crippen molar-refractivity contribution in [1.82, 2.24) is 20.2 Å². The molecule has 0 saturated heterocycles. The van der Waals surface area contributed by atoms with Gasteiger partial charge in [0.1, 0.15) is 0 Å². The highest BCUT2D eigenvalue weighted by atomic mass is 16.4. The first-order valence-electron chi connectivity index (χ1n) is 8.35. The number of carboxylic acid groups (broad SMARTS) is 1. The van der Waals surface area contributed by atoms with Gasteiger partial charge in [-0.15, -0.1) is 5.10 Å². The van der Waals surface area contributed by atoms with Crippen LogP contribution in [0.25, 0.3) is 11.4 Å². The summed E-state index contributed by atoms with van der Waals surface area (Å²) in [6.45, 7) is 6.14. The van der Waals surface area contributed by atoms with Gasteiger partial charge in [-0.25, -0.2) is 4.68 Å². The van der Waals surface area contributed by atoms with Gasteiger partial charge in [-0.05, 0) is 42.3 Å². The fourth-order valence-electron chi connectivity index (χ4n) is 2.75. The van der Waals surface area contributed by atoms with E-state index in [1.54, 1.807) is 36.7 Å². The van der Waals surface area contributed by atoms with Crippen LogP contribution in [0.15, 0.2) is 24.3 Å². The molecule has 1 amide bonds. The Bertz CT molecular complexity index is 752. The largest absolute Gasteiger partial charge is 0.481 e. The van der Waals surface area contributed by atoms with E-state index in [4.69, 9.17) is 0 Å². The molecule has 0 aliphatic rings. The van der Waals surface area contributed by atoms with Gasteiger partial charge in [0, 0.05) is 24.2 Å². The van der Waals surface area contributed by atoms with Crippen LogP contribution in [-0.4, -0.2) is 37.2 Å². The Hall–Kier alpha value is -2.77. The second-order valence-electron chi connectivity index (χ2n) is 5.92. The van der Waals surface area contributed by atoms with Crippen LogP contribution in [-0.2, 0) is 16.1 Å². The average molecular weight is 345 g/mol. The summed E-state index contributed by atoms with van der Waals surface area (Å²) in [6, 6.07) is 7.18. The van der Waals surface area contributed by atoms with E-state index in [2.05, 4.69) is 20.8 Å². The third kappa shape index (κ3) is 4.01. The predicted octanol–water partition coefficient (Wildman–Crippen LogP) is 2.58. The second-order valence-corrected chi connectivity index (χ2v) is 5.92. The summed E-state index contributed by atoms with van der Waals surface area (Å²) in [6.07, 6.45) is 0.737. The standard InChI is InChI=1S/C17H23N5O3/c1-4-17(5-2,16(24)25)11-14(23)18-13-9-7-8-12(10-13)15-19-20-21-22(15)6-3/h7-10H,4-6,11H2,1-3H3,(H,18,23)(H,24,25). The van der Waals surface area contributed by atoms with Gasteiger partial charge in [0.2, 0.25) is 5.91 Å². The minimum Gasteiger partial charge on any atom is -0.481 e. The molecular formula is C17H23N5O3. The lowest BCUT2D eigenvalue weighted by Gasteiger charge is -2.25. The number of nitrogens with zero attached hydrogens (tertiary/aromatic N) is 4. The summed E-state index contributed by atoms with van der Waals surface area (Å²) >= 11 is 0. The molecule has 0 bridgehead atoms. The number of anilines is 1. The normalized spacial score (nSPS) is 11.3. The van der Waals surface area contributed by atoms with E-state index in [1.807, 2.05) is 13.0 Å². The van der Waals surface area contributed by atoms with Crippen molar-refractivity contribution < 1.29 is 14.7 Å². The number of aryl methyl sites for hydroxylation is 1. The van der Waals surface area contributed by atoms with Gasteiger partial charge in [0.05, 0.1) is 5.41 Å². The number of carbonyl (C=O) groups excluding carboxylic acids is 1. The van der Waals surface area contributed by atoms with Gasteiger partial charge in [0.25, 0.3) is 0 Å². The minimum absolute atomic E-state index is 0.0632. The van der Waals surface area contributed by atoms with Gasteiger partial charge in [-0.3, -0.25) is 9.59 Å². The maximum absolute atomic E-state index is 12.4. The molecule has 0 radical (unpaired) electrons. The topological polar surface area (TPSA) is 110 Å². The molecule has 0 aliphatic heterocycles. The molecule has 2 aromatic rings. The van der Waals surface area contributed by atoms with E-state index in [0.29, 0.717) is 30.9 Å². The molecule has 0 aliphatic carbocycles. The maximum atomic E-state index is 12.4. The molecule has 8 heteroatoms. The summed E-state index contributed by atoms with van der Waals surface area (Å²) in [4.78, 5) is 23.9. The number of rotatable bonds is 8. The molecule has 25 heavy (non-hydrogen) atoms. The average Bonchev–Trinajstić information content (AvgIpc) is 3.08. The van der Waals surface area contributed by atoms with E-state index in [9.17, 15) is 14.7 Å². The first-order chi connectivity index (χ1) is 12.0. The Morgan fingerprint density at radius 3 is 2.56 bits per heavy atom. The first kappa shape index (κ1) is 18.6. The molecule has 0 atom stereocenters. The van der Waals surface area contributed by atoms with E-state index in [-0.39, 0.29) is 12.3 Å². The quantitative estimate of drug-likeness (QED) is 0.761. The summed E-state index contributed by atoms with van der Waals surface area (Å²) in [5.41, 5.74) is 0.327. The molecular weight excluding hydrogens is 322 g/mol. The summed E-state index contributed by atoms with van der Waals surface area (Å²) < 4.78 is 1.66. The van der Waals surface area contributed by atoms with Crippen LogP contribution in [0.3, 0.4) is 0 Å². The van der Waals surface area contributed by atoms with Crippen LogP contribution in [0.2, 0.25) is 0 Å². The Labute approximate surface area is 146 Å². The zero-order valence-electron chi connectivity index (χ0n) is 14.7. The lowest BCUT2D eigenvalue weighted by Crippen LogP contribution is -2.34. The highest BCUT2D eigenvalue weighted by molar-refractivity contribution is 5.94. The van der Waals surface area contributed by atoms with Crippen molar-refractivity contribution in [2.75, 3.05) is 5.32 Å². The van der Waals surface area contributed by atoms with E-state index in [0.717, 1.165) is 5.56 Å². The molecule has 0 spiro atoms. The van der Waals surface area contributed by atoms with Crippen molar-refractivity contribution in [3.05, 3.63) is 24.3 Å². The molecule has 8 nitrogen and oxygen atoms in total. The number of nitrogens with one attached hydrogen (secondary N) is 1. The Balaban J connectivity index is 2.17. The van der Waals surface area contributed by atoms with Gasteiger partial charge in [-0.1, -0.05) is 26.0 Å². The molecule has 1 aromatic carbocycles. The van der Waals surface area contributed by atoms with Crippen molar-refractivity contribution in [1.29, 1.82) is 0 Å². The Morgan fingerprint density at radius 1 is 1.24 bits per heavy atom. The zero-order chi connectivity index (χ0) is 18.4. The second kappa shape index (κ2) is 7.87. The van der Waals surface area contributed by atoms with Crippen LogP contribution in [0.1, 0.15) is 40.0 Å². The van der Waals surface area contributed by atoms with E-state index in [1.165, 1.54) is 0 Å². The number of aliphatic carboxylic acids is 1. The lowest BCUT2D eigenvalue weighted by molar-refractivity contribution is -0.151. The number of carbonyl (C=O) groups is 2. The third-order valence-corrected chi connectivity index (χ3v) is 4.54. The lowest BCUT2D eigenvalue weighted by atomic mass is 9.79. The highest BCUT2D eigenvalue weighted by Crippen LogP contribution is 2.31. The minimum atomic E-state index is -1.03. The number of carboxylic acids is 1. The predicted molar refractivity (Wildman–Crippen MR) is 92.8 cm³/mol. The summed E-state index contributed by atoms with van der Waals surface area (Å²) in [7, 11) is 0. The fraction of sp³-hybridized carbons (Fsp3) is 0.471. The van der Waals surface area contributed by atoms with Crippen LogP contribution in [0.5, 0.6) is 0 Å². The fourth-order valence-corrected chi connectivity index (χ4v) is 2.75. The smallest absolute Gasteiger partial charge is 0.310 e. The van der Waals surface area contributed by atoms with Crippen LogP contribution in [0.4, 0.5) is 5.69 Å². The highest BCUT2D eigenvalue weighted by Gasteiger charge is 2.37. The van der Waals surface area contributed by atoms with Gasteiger partial charge in [0.15, 0.2) is 5.82 Å². The zero-order valence-corrected chi connectivity index (χ0v) is 14.7. The molecule has 0 saturated carbocycles. The monoisotopic (exact) mass is 345 g/mol. The first-order valence-corrected chi connectivity index (χ1v) is 8.35. The van der Waals surface area contributed by atoms with Crippen molar-refractivity contribution in [3.8, 4) is 11.4 Å². The number of amides is 1. The number of benzene rings is 1. The Kier molecular flexibility index (Phi) is 5.84.